The van der Waals surface area contributed by atoms with Crippen LogP contribution < -0.4 is 34.1 Å². The maximum absolute atomic E-state index is 12.6. The van der Waals surface area contributed by atoms with Crippen molar-refractivity contribution >= 4 is 87.2 Å². The van der Waals surface area contributed by atoms with Crippen molar-refractivity contribution in [3.8, 4) is 92.0 Å². The van der Waals surface area contributed by atoms with Gasteiger partial charge in [0.1, 0.15) is 74.6 Å². The second kappa shape index (κ2) is 50.6. The van der Waals surface area contributed by atoms with Gasteiger partial charge in [0.05, 0.1) is 95.1 Å². The molecular formula is C105H114N6O27. The van der Waals surface area contributed by atoms with Gasteiger partial charge in [0.25, 0.3) is 6.47 Å². The molecule has 0 spiro atoms. The van der Waals surface area contributed by atoms with E-state index < -0.39 is 63.9 Å². The number of nitrogens with zero attached hydrogens (tertiary/aromatic N) is 6. The summed E-state index contributed by atoms with van der Waals surface area (Å²) in [6.45, 7) is 31.0. The van der Waals surface area contributed by atoms with E-state index >= 15 is 0 Å². The van der Waals surface area contributed by atoms with Gasteiger partial charge in [-0.1, -0.05) is 72.8 Å². The van der Waals surface area contributed by atoms with Crippen molar-refractivity contribution in [2.24, 2.45) is 0 Å². The van der Waals surface area contributed by atoms with E-state index in [4.69, 9.17) is 4.74 Å². The Morgan fingerprint density at radius 2 is 0.500 bits per heavy atom. The zero-order valence-corrected chi connectivity index (χ0v) is 78.2. The van der Waals surface area contributed by atoms with Crippen LogP contribution in [0.3, 0.4) is 0 Å². The lowest BCUT2D eigenvalue weighted by molar-refractivity contribution is -0.120. The quantitative estimate of drug-likeness (QED) is 0.00771. The topological polar surface area (TPSA) is 526 Å². The lowest BCUT2D eigenvalue weighted by Crippen LogP contribution is -2.24. The molecule has 33 heteroatoms. The average Bonchev–Trinajstić information content (AvgIpc) is 0.786. The second-order valence-electron chi connectivity index (χ2n) is 30.1. The summed E-state index contributed by atoms with van der Waals surface area (Å²) < 4.78 is 4.92. The highest BCUT2D eigenvalue weighted by Crippen LogP contribution is 2.45. The third-order valence-corrected chi connectivity index (χ3v) is 22.3. The molecule has 0 saturated heterocycles. The minimum absolute atomic E-state index is 0.000252. The van der Waals surface area contributed by atoms with Crippen molar-refractivity contribution in [1.29, 1.82) is 0 Å². The maximum atomic E-state index is 12.6. The van der Waals surface area contributed by atoms with E-state index in [-0.39, 0.29) is 159 Å². The summed E-state index contributed by atoms with van der Waals surface area (Å²) in [5.41, 5.74) is 1.90. The standard InChI is InChI=1S/3C18H19NO5.3C17H19NO4/c1-3-19(4-2)11-9-13(18(23)24)16(15(21)10-11)17(22)12-7-5-6-8-14(12)20;1-3-19(4-2)14-10-16(21)13(9-12(14)18(23)24)17(22)11-7-5-6-8-15(11)20;1-3-19(4-2)14-10-9-13(17(23)18(14)24-11-20)16(22)12-7-5-6-8-15(12)21;1-3-18(4-2)11-9-14(20)16(15(21)10-11)17(22)12-7-5-6-8-13(12)19;1-3-18(4-2)13-10-15(20)12(9-16(13)21)17(22)11-7-5-6-8-14(11)19;1-3-18(4-2)13-10-9-12(16(21)17(13)22)15(20)11-7-5-6-8-14(11)19/h2*5-10,20-21H,3-4H2,1-2H3,(H,23,24);5-11,21,23H,3-4H2,1-2H3;2*5-10,19-21H,3-4H2,1-2H3;5-10,19,21-22H,3-4H2,1-2H3. The Morgan fingerprint density at radius 1 is 0.225 bits per heavy atom. The van der Waals surface area contributed by atoms with Gasteiger partial charge in [-0.2, -0.15) is 0 Å². The summed E-state index contributed by atoms with van der Waals surface area (Å²) >= 11 is 0. The molecule has 0 bridgehead atoms. The summed E-state index contributed by atoms with van der Waals surface area (Å²) in [4.78, 5) is 120. The molecule has 0 aromatic heterocycles. The first kappa shape index (κ1) is 108. The number of hydrogen-bond acceptors (Lipinski definition) is 31. The SMILES string of the molecule is CCN(CC)c1cc(O)c(C(=O)c2ccccc2O)c(C(=O)O)c1.CCN(CC)c1cc(O)c(C(=O)c2ccccc2O)c(O)c1.CCN(CC)c1cc(O)c(C(=O)c2ccccc2O)cc1C(=O)O.CCN(CC)c1cc(O)c(C(=O)c2ccccc2O)cc1O.CCN(CC)c1ccc(C(=O)c2ccccc2O)c(O)c1O.CCN(CC)c1ccc(C(=O)c2ccccc2O)c(O)c1OC=O. The smallest absolute Gasteiger partial charge is 0.337 e. The molecule has 0 amide bonds. The zero-order chi connectivity index (χ0) is 102. The summed E-state index contributed by atoms with van der Waals surface area (Å²) in [7, 11) is 0. The molecule has 726 valence electrons. The van der Waals surface area contributed by atoms with E-state index in [0.717, 1.165) is 6.07 Å². The number of carbonyl (C=O) groups is 9. The molecule has 138 heavy (non-hydrogen) atoms. The van der Waals surface area contributed by atoms with Gasteiger partial charge in [0.15, 0.2) is 28.8 Å². The van der Waals surface area contributed by atoms with Crippen LogP contribution in [-0.4, -0.2) is 218 Å². The van der Waals surface area contributed by atoms with Crippen LogP contribution in [0, 0.1) is 0 Å². The van der Waals surface area contributed by atoms with E-state index in [9.17, 15) is 130 Å². The molecule has 0 aliphatic heterocycles. The molecule has 0 fully saturated rings. The van der Waals surface area contributed by atoms with E-state index in [0.29, 0.717) is 113 Å². The van der Waals surface area contributed by atoms with Crippen LogP contribution in [0.4, 0.5) is 34.1 Å². The minimum atomic E-state index is -1.32. The summed E-state index contributed by atoms with van der Waals surface area (Å²) in [5.74, 6) is -10.4. The number of anilines is 6. The first-order valence-electron chi connectivity index (χ1n) is 44.1. The van der Waals surface area contributed by atoms with Crippen LogP contribution in [0.25, 0.3) is 0 Å². The van der Waals surface area contributed by atoms with E-state index in [1.54, 1.807) is 89.8 Å². The van der Waals surface area contributed by atoms with Crippen molar-refractivity contribution in [3.05, 3.63) is 296 Å². The Labute approximate surface area is 797 Å². The van der Waals surface area contributed by atoms with Crippen LogP contribution in [0.2, 0.25) is 0 Å². The Bertz CT molecular complexity index is 6260. The number of ether oxygens (including phenoxy) is 1. The highest BCUT2D eigenvalue weighted by Gasteiger charge is 2.31. The monoisotopic (exact) mass is 1890 g/mol. The van der Waals surface area contributed by atoms with Gasteiger partial charge in [-0.15, -0.1) is 0 Å². The number of carboxylic acid groups (broad SMARTS) is 2. The second-order valence-corrected chi connectivity index (χ2v) is 30.1. The van der Waals surface area contributed by atoms with Crippen LogP contribution in [0.1, 0.15) is 199 Å². The fourth-order valence-corrected chi connectivity index (χ4v) is 14.9. The normalized spacial score (nSPS) is 10.4. The Morgan fingerprint density at radius 3 is 0.841 bits per heavy atom. The Hall–Kier alpha value is -17.1. The molecule has 12 aromatic carbocycles. The van der Waals surface area contributed by atoms with Crippen molar-refractivity contribution in [3.63, 3.8) is 0 Å². The molecule has 0 aliphatic rings. The van der Waals surface area contributed by atoms with Gasteiger partial charge in [-0.25, -0.2) is 9.59 Å². The van der Waals surface area contributed by atoms with Crippen molar-refractivity contribution < 1.29 is 135 Å². The summed E-state index contributed by atoms with van der Waals surface area (Å²) in [6.07, 6.45) is 0. The number of phenolic OH excluding ortho intramolecular Hbond substituents is 15. The number of carboxylic acids is 2. The van der Waals surface area contributed by atoms with Crippen LogP contribution in [0.5, 0.6) is 92.0 Å². The third kappa shape index (κ3) is 25.6. The molecule has 0 aliphatic carbocycles. The Balaban J connectivity index is 0.000000225. The van der Waals surface area contributed by atoms with Crippen LogP contribution in [-0.2, 0) is 4.79 Å². The van der Waals surface area contributed by atoms with Gasteiger partial charge in [-0.05, 0) is 198 Å². The van der Waals surface area contributed by atoms with Gasteiger partial charge in [0, 0.05) is 120 Å². The van der Waals surface area contributed by atoms with Crippen molar-refractivity contribution in [2.75, 3.05) is 108 Å². The number of benzene rings is 12. The average molecular weight is 1890 g/mol. The molecule has 12 rings (SSSR count). The number of aromatic hydroxyl groups is 15. The molecule has 0 radical (unpaired) electrons. The first-order valence-corrected chi connectivity index (χ1v) is 44.1. The highest BCUT2D eigenvalue weighted by atomic mass is 16.5. The van der Waals surface area contributed by atoms with Crippen molar-refractivity contribution in [1.82, 2.24) is 0 Å². The number of para-hydroxylation sites is 6. The fraction of sp³-hybridized carbons (Fsp3) is 0.229. The first-order chi connectivity index (χ1) is 65.8. The molecule has 0 atom stereocenters. The maximum Gasteiger partial charge on any atom is 0.337 e. The van der Waals surface area contributed by atoms with E-state index in [1.807, 2.05) is 108 Å². The predicted molar refractivity (Wildman–Crippen MR) is 525 cm³/mol. The summed E-state index contributed by atoms with van der Waals surface area (Å²) in [6, 6.07) is 52.7. The van der Waals surface area contributed by atoms with Gasteiger partial charge >= 0.3 is 11.9 Å². The number of carbonyl (C=O) groups excluding carboxylic acids is 7. The van der Waals surface area contributed by atoms with Gasteiger partial charge in [0.2, 0.25) is 28.9 Å². The number of aromatic carboxylic acids is 2. The third-order valence-electron chi connectivity index (χ3n) is 22.3. The molecule has 17 N–H and O–H groups in total. The Kier molecular flexibility index (Phi) is 39.6. The molecule has 0 heterocycles. The van der Waals surface area contributed by atoms with E-state index in [1.165, 1.54) is 127 Å². The number of ketones is 6. The predicted octanol–water partition coefficient (Wildman–Crippen LogP) is 17.1. The number of phenols is 15. The number of rotatable bonds is 34. The molecule has 33 nitrogen and oxygen atoms in total. The lowest BCUT2D eigenvalue weighted by atomic mass is 9.96. The van der Waals surface area contributed by atoms with Gasteiger partial charge < -0.3 is 121 Å². The lowest BCUT2D eigenvalue weighted by Gasteiger charge is -2.24. The zero-order valence-electron chi connectivity index (χ0n) is 78.2. The molecule has 0 unspecified atom stereocenters. The highest BCUT2D eigenvalue weighted by molar-refractivity contribution is 6.19. The van der Waals surface area contributed by atoms with Gasteiger partial charge in [-0.3, -0.25) is 33.6 Å². The largest absolute Gasteiger partial charge is 0.507 e. The fourth-order valence-electron chi connectivity index (χ4n) is 14.9. The van der Waals surface area contributed by atoms with E-state index in [2.05, 4.69) is 0 Å². The van der Waals surface area contributed by atoms with Crippen LogP contribution in [0.15, 0.2) is 218 Å². The van der Waals surface area contributed by atoms with Crippen LogP contribution >= 0.6 is 0 Å². The summed E-state index contributed by atoms with van der Waals surface area (Å²) in [5, 5.41) is 170. The molecule has 0 saturated carbocycles. The molecule has 12 aromatic rings. The van der Waals surface area contributed by atoms with Crippen molar-refractivity contribution in [2.45, 2.75) is 83.1 Å². The minimum Gasteiger partial charge on any atom is -0.507 e. The number of hydrogen-bond donors (Lipinski definition) is 17. The molecular weight excluding hydrogens is 1780 g/mol.